The number of nitrogens with zero attached hydrogens (tertiary/aromatic N) is 2. The van der Waals surface area contributed by atoms with Gasteiger partial charge < -0.3 is 19.7 Å². The van der Waals surface area contributed by atoms with E-state index in [2.05, 4.69) is 10.1 Å². The van der Waals surface area contributed by atoms with E-state index in [0.717, 1.165) is 10.9 Å². The number of urea groups is 1. The van der Waals surface area contributed by atoms with Gasteiger partial charge in [-0.25, -0.2) is 9.69 Å². The fourth-order valence-electron chi connectivity index (χ4n) is 2.73. The van der Waals surface area contributed by atoms with Crippen molar-refractivity contribution in [3.63, 3.8) is 0 Å². The molecule has 9 nitrogen and oxygen atoms in total. The number of carboxylic acid groups (broad SMARTS) is 1. The minimum Gasteiger partial charge on any atom is -0.480 e. The van der Waals surface area contributed by atoms with Gasteiger partial charge in [0.15, 0.2) is 0 Å². The monoisotopic (exact) mass is 357 g/mol. The highest BCUT2D eigenvalue weighted by atomic mass is 16.5. The van der Waals surface area contributed by atoms with Gasteiger partial charge in [-0.2, -0.15) is 0 Å². The maximum Gasteiger partial charge on any atom is 0.329 e. The topological polar surface area (TPSA) is 118 Å². The van der Waals surface area contributed by atoms with Gasteiger partial charge >= 0.3 is 18.0 Å². The van der Waals surface area contributed by atoms with Crippen molar-refractivity contribution in [2.45, 2.75) is 6.54 Å². The first kappa shape index (κ1) is 17.2. The number of carbonyl (C=O) groups excluding carboxylic acids is 3. The molecule has 0 unspecified atom stereocenters. The van der Waals surface area contributed by atoms with Crippen molar-refractivity contribution in [3.05, 3.63) is 41.7 Å². The summed E-state index contributed by atoms with van der Waals surface area (Å²) >= 11 is 0. The van der Waals surface area contributed by atoms with Crippen molar-refractivity contribution in [1.29, 1.82) is 0 Å². The van der Waals surface area contributed by atoms with Crippen LogP contribution in [0.2, 0.25) is 0 Å². The fourth-order valence-corrected chi connectivity index (χ4v) is 2.73. The number of methoxy groups -OCH3 is 1. The average Bonchev–Trinajstić information content (AvgIpc) is 3.07. The molecule has 0 radical (unpaired) electrons. The fraction of sp³-hybridized carbons (Fsp3) is 0.176. The lowest BCUT2D eigenvalue weighted by atomic mass is 10.1. The van der Waals surface area contributed by atoms with Crippen LogP contribution in [0.4, 0.5) is 4.79 Å². The Morgan fingerprint density at radius 2 is 1.96 bits per heavy atom. The van der Waals surface area contributed by atoms with E-state index in [9.17, 15) is 19.2 Å². The third kappa shape index (κ3) is 3.14. The molecule has 134 valence electrons. The van der Waals surface area contributed by atoms with Crippen LogP contribution in [-0.4, -0.2) is 52.1 Å². The SMILES string of the molecule is COC(=O)Cn1cc(/C=C2/NC(=O)N(CC(=O)O)C2=O)c2ccccc21. The molecule has 2 heterocycles. The summed E-state index contributed by atoms with van der Waals surface area (Å²) in [5.74, 6) is -2.44. The predicted molar refractivity (Wildman–Crippen MR) is 89.8 cm³/mol. The van der Waals surface area contributed by atoms with E-state index in [1.54, 1.807) is 16.8 Å². The van der Waals surface area contributed by atoms with Gasteiger partial charge in [-0.05, 0) is 12.1 Å². The molecule has 1 fully saturated rings. The Bertz CT molecular complexity index is 959. The Balaban J connectivity index is 2.00. The van der Waals surface area contributed by atoms with Gasteiger partial charge in [0.25, 0.3) is 5.91 Å². The number of rotatable bonds is 5. The normalized spacial score (nSPS) is 15.6. The summed E-state index contributed by atoms with van der Waals surface area (Å²) in [4.78, 5) is 47.0. The van der Waals surface area contributed by atoms with Gasteiger partial charge in [0.2, 0.25) is 0 Å². The number of carbonyl (C=O) groups is 4. The number of benzene rings is 1. The molecule has 3 rings (SSSR count). The number of esters is 1. The number of fused-ring (bicyclic) bond motifs is 1. The highest BCUT2D eigenvalue weighted by molar-refractivity contribution is 6.15. The third-order valence-electron chi connectivity index (χ3n) is 3.90. The quantitative estimate of drug-likeness (QED) is 0.464. The van der Waals surface area contributed by atoms with Gasteiger partial charge in [-0.3, -0.25) is 14.4 Å². The maximum atomic E-state index is 12.3. The lowest BCUT2D eigenvalue weighted by molar-refractivity contribution is -0.141. The summed E-state index contributed by atoms with van der Waals surface area (Å²) in [6, 6.07) is 6.45. The molecule has 9 heteroatoms. The second kappa shape index (κ2) is 6.71. The highest BCUT2D eigenvalue weighted by Gasteiger charge is 2.35. The minimum absolute atomic E-state index is 0.00830. The summed E-state index contributed by atoms with van der Waals surface area (Å²) < 4.78 is 6.35. The van der Waals surface area contributed by atoms with Gasteiger partial charge in [0.1, 0.15) is 18.8 Å². The zero-order chi connectivity index (χ0) is 18.8. The molecule has 1 aromatic carbocycles. The van der Waals surface area contributed by atoms with Crippen LogP contribution in [0.15, 0.2) is 36.2 Å². The molecule has 0 spiro atoms. The van der Waals surface area contributed by atoms with E-state index < -0.39 is 30.4 Å². The average molecular weight is 357 g/mol. The number of aromatic nitrogens is 1. The first-order chi connectivity index (χ1) is 12.4. The molecule has 2 aromatic rings. The Hall–Kier alpha value is -3.62. The number of carboxylic acids is 1. The highest BCUT2D eigenvalue weighted by Crippen LogP contribution is 2.24. The summed E-state index contributed by atoms with van der Waals surface area (Å²) in [5, 5.41) is 11.9. The number of para-hydroxylation sites is 1. The van der Waals surface area contributed by atoms with Crippen LogP contribution in [0.1, 0.15) is 5.56 Å². The van der Waals surface area contributed by atoms with E-state index >= 15 is 0 Å². The molecule has 1 aliphatic heterocycles. The number of nitrogens with one attached hydrogen (secondary N) is 1. The molecule has 0 saturated carbocycles. The molecule has 0 bridgehead atoms. The molecule has 2 N–H and O–H groups in total. The molecule has 1 aliphatic rings. The largest absolute Gasteiger partial charge is 0.480 e. The molecule has 3 amide bonds. The summed E-state index contributed by atoms with van der Waals surface area (Å²) in [6.07, 6.45) is 3.12. The predicted octanol–water partition coefficient (Wildman–Crippen LogP) is 0.792. The molecule has 0 atom stereocenters. The lowest BCUT2D eigenvalue weighted by Gasteiger charge is -2.06. The van der Waals surface area contributed by atoms with Crippen molar-refractivity contribution < 1.29 is 29.0 Å². The Kier molecular flexibility index (Phi) is 4.44. The maximum absolute atomic E-state index is 12.3. The Morgan fingerprint density at radius 1 is 1.23 bits per heavy atom. The summed E-state index contributed by atoms with van der Waals surface area (Å²) in [5.41, 5.74) is 1.33. The number of aliphatic carboxylic acids is 1. The molecular formula is C17H15N3O6. The number of imide groups is 1. The van der Waals surface area contributed by atoms with Crippen LogP contribution in [0, 0.1) is 0 Å². The minimum atomic E-state index is -1.29. The standard InChI is InChI=1S/C17H15N3O6/c1-26-15(23)9-19-7-10(11-4-2-3-5-13(11)19)6-12-16(24)20(8-14(21)22)17(25)18-12/h2-7H,8-9H2,1H3,(H,18,25)(H,21,22)/b12-6+. The third-order valence-corrected chi connectivity index (χ3v) is 3.90. The molecule has 1 saturated heterocycles. The molecule has 26 heavy (non-hydrogen) atoms. The van der Waals surface area contributed by atoms with E-state index in [1.165, 1.54) is 13.2 Å². The van der Waals surface area contributed by atoms with Gasteiger partial charge in [-0.15, -0.1) is 0 Å². The number of hydrogen-bond acceptors (Lipinski definition) is 5. The van der Waals surface area contributed by atoms with E-state index in [-0.39, 0.29) is 12.2 Å². The van der Waals surface area contributed by atoms with Crippen molar-refractivity contribution >= 4 is 40.9 Å². The first-order valence-electron chi connectivity index (χ1n) is 7.61. The van der Waals surface area contributed by atoms with Crippen LogP contribution < -0.4 is 5.32 Å². The zero-order valence-electron chi connectivity index (χ0n) is 13.8. The van der Waals surface area contributed by atoms with Gasteiger partial charge in [0, 0.05) is 22.7 Å². The van der Waals surface area contributed by atoms with Crippen LogP contribution in [0.3, 0.4) is 0 Å². The van der Waals surface area contributed by atoms with Crippen molar-refractivity contribution in [2.24, 2.45) is 0 Å². The molecule has 0 aliphatic carbocycles. The van der Waals surface area contributed by atoms with Crippen molar-refractivity contribution in [3.8, 4) is 0 Å². The van der Waals surface area contributed by atoms with Crippen molar-refractivity contribution in [2.75, 3.05) is 13.7 Å². The molecular weight excluding hydrogens is 342 g/mol. The van der Waals surface area contributed by atoms with Crippen LogP contribution in [-0.2, 0) is 25.7 Å². The Labute approximate surface area is 147 Å². The van der Waals surface area contributed by atoms with Gasteiger partial charge in [0.05, 0.1) is 7.11 Å². The first-order valence-corrected chi connectivity index (χ1v) is 7.61. The Morgan fingerprint density at radius 3 is 2.65 bits per heavy atom. The van der Waals surface area contributed by atoms with Crippen LogP contribution >= 0.6 is 0 Å². The smallest absolute Gasteiger partial charge is 0.329 e. The lowest BCUT2D eigenvalue weighted by Crippen LogP contribution is -2.35. The zero-order valence-corrected chi connectivity index (χ0v) is 13.8. The number of amides is 3. The second-order valence-electron chi connectivity index (χ2n) is 5.58. The number of ether oxygens (including phenoxy) is 1. The van der Waals surface area contributed by atoms with Crippen LogP contribution in [0.25, 0.3) is 17.0 Å². The van der Waals surface area contributed by atoms with Gasteiger partial charge in [-0.1, -0.05) is 18.2 Å². The summed E-state index contributed by atoms with van der Waals surface area (Å²) in [7, 11) is 1.29. The van der Waals surface area contributed by atoms with Crippen molar-refractivity contribution in [1.82, 2.24) is 14.8 Å². The van der Waals surface area contributed by atoms with E-state index in [1.807, 2.05) is 18.2 Å². The summed E-state index contributed by atoms with van der Waals surface area (Å²) in [6.45, 7) is -0.724. The van der Waals surface area contributed by atoms with E-state index in [4.69, 9.17) is 5.11 Å². The molecule has 1 aromatic heterocycles. The second-order valence-corrected chi connectivity index (χ2v) is 5.58. The van der Waals surface area contributed by atoms with Crippen LogP contribution in [0.5, 0.6) is 0 Å². The number of hydrogen-bond donors (Lipinski definition) is 2. The van der Waals surface area contributed by atoms with E-state index in [0.29, 0.717) is 10.5 Å².